The number of carbonyl (C=O) groups excluding carboxylic acids is 1. The Morgan fingerprint density at radius 2 is 1.91 bits per heavy atom. The van der Waals surface area contributed by atoms with Gasteiger partial charge in [0, 0.05) is 23.0 Å². The molecule has 2 aromatic rings. The molecule has 2 heterocycles. The summed E-state index contributed by atoms with van der Waals surface area (Å²) in [5, 5.41) is 20.3. The molecule has 2 amide bonds. The standard InChI is InChI=1S/C21H16F3N7O2/c22-21(23,24)33-16-3-1-2-15(8-16)30-20(32)29-14-6-4-12(5-7-14)17-13(9-25)10-31-18(17)19(26)27-11-28-31/h1-8,11,13H,10H2,(H2,26,27,28)(H2,29,30,32). The number of amides is 2. The molecule has 2 aromatic carbocycles. The lowest BCUT2D eigenvalue weighted by Crippen LogP contribution is -2.28. The smallest absolute Gasteiger partial charge is 0.406 e. The Balaban J connectivity index is 1.46. The summed E-state index contributed by atoms with van der Waals surface area (Å²) in [5.74, 6) is -0.653. The van der Waals surface area contributed by atoms with Gasteiger partial charge in [0.15, 0.2) is 5.84 Å². The molecule has 4 N–H and O–H groups in total. The van der Waals surface area contributed by atoms with Gasteiger partial charge in [-0.15, -0.1) is 13.2 Å². The summed E-state index contributed by atoms with van der Waals surface area (Å²) in [6.45, 7) is 0.355. The molecule has 2 aliphatic rings. The van der Waals surface area contributed by atoms with E-state index in [4.69, 9.17) is 5.73 Å². The van der Waals surface area contributed by atoms with Gasteiger partial charge in [-0.3, -0.25) is 5.01 Å². The first-order valence-electron chi connectivity index (χ1n) is 9.55. The molecule has 0 bridgehead atoms. The summed E-state index contributed by atoms with van der Waals surface area (Å²) in [6.07, 6.45) is -3.51. The van der Waals surface area contributed by atoms with Crippen LogP contribution < -0.4 is 21.1 Å². The first-order valence-corrected chi connectivity index (χ1v) is 9.55. The molecule has 0 fully saturated rings. The minimum atomic E-state index is -4.83. The van der Waals surface area contributed by atoms with Crippen LogP contribution in [0.15, 0.2) is 64.3 Å². The van der Waals surface area contributed by atoms with Crippen LogP contribution in [-0.4, -0.2) is 36.1 Å². The quantitative estimate of drug-likeness (QED) is 0.648. The third-order valence-corrected chi connectivity index (χ3v) is 4.78. The molecule has 0 aliphatic carbocycles. The predicted octanol–water partition coefficient (Wildman–Crippen LogP) is 3.71. The molecule has 1 unspecified atom stereocenters. The van der Waals surface area contributed by atoms with Crippen LogP contribution in [0.4, 0.5) is 29.3 Å². The Bertz CT molecular complexity index is 1210. The number of urea groups is 1. The Kier molecular flexibility index (Phi) is 5.61. The van der Waals surface area contributed by atoms with Gasteiger partial charge in [-0.25, -0.2) is 9.79 Å². The van der Waals surface area contributed by atoms with E-state index in [0.29, 0.717) is 23.5 Å². The second-order valence-corrected chi connectivity index (χ2v) is 7.00. The van der Waals surface area contributed by atoms with Gasteiger partial charge in [0.2, 0.25) is 0 Å². The Hall–Kier alpha value is -4.53. The number of rotatable bonds is 4. The van der Waals surface area contributed by atoms with E-state index in [9.17, 15) is 23.2 Å². The lowest BCUT2D eigenvalue weighted by atomic mass is 9.94. The highest BCUT2D eigenvalue weighted by atomic mass is 19.4. The summed E-state index contributed by atoms with van der Waals surface area (Å²) in [4.78, 5) is 16.3. The number of fused-ring (bicyclic) bond motifs is 1. The predicted molar refractivity (Wildman–Crippen MR) is 115 cm³/mol. The Morgan fingerprint density at radius 1 is 1.18 bits per heavy atom. The number of anilines is 2. The summed E-state index contributed by atoms with van der Waals surface area (Å²) in [5.41, 5.74) is 8.52. The Labute approximate surface area is 185 Å². The molecule has 33 heavy (non-hydrogen) atoms. The lowest BCUT2D eigenvalue weighted by molar-refractivity contribution is -0.274. The molecule has 0 saturated heterocycles. The van der Waals surface area contributed by atoms with Crippen LogP contribution in [0.5, 0.6) is 5.75 Å². The number of nitrogens with zero attached hydrogens (tertiary/aromatic N) is 4. The zero-order valence-corrected chi connectivity index (χ0v) is 16.8. The molecule has 0 spiro atoms. The number of halogens is 3. The van der Waals surface area contributed by atoms with Crippen molar-refractivity contribution in [1.82, 2.24) is 5.01 Å². The number of ether oxygens (including phenoxy) is 1. The van der Waals surface area contributed by atoms with Crippen LogP contribution in [0.25, 0.3) is 5.57 Å². The van der Waals surface area contributed by atoms with E-state index >= 15 is 0 Å². The van der Waals surface area contributed by atoms with Crippen molar-refractivity contribution in [2.75, 3.05) is 17.2 Å². The summed E-state index contributed by atoms with van der Waals surface area (Å²) < 4.78 is 40.9. The number of nitriles is 1. The highest BCUT2D eigenvalue weighted by Gasteiger charge is 2.35. The molecule has 168 valence electrons. The van der Waals surface area contributed by atoms with Gasteiger partial charge in [-0.05, 0) is 29.8 Å². The first-order chi connectivity index (χ1) is 15.7. The van der Waals surface area contributed by atoms with Crippen LogP contribution in [0.2, 0.25) is 0 Å². The van der Waals surface area contributed by atoms with E-state index in [-0.39, 0.29) is 11.5 Å². The average molecular weight is 455 g/mol. The van der Waals surface area contributed by atoms with Crippen LogP contribution >= 0.6 is 0 Å². The van der Waals surface area contributed by atoms with Crippen molar-refractivity contribution in [3.63, 3.8) is 0 Å². The average Bonchev–Trinajstić information content (AvgIpc) is 3.13. The monoisotopic (exact) mass is 455 g/mol. The van der Waals surface area contributed by atoms with Crippen LogP contribution in [0.1, 0.15) is 5.56 Å². The SMILES string of the molecule is N#CC1CN2N=CN=C(N)C2=C1c1ccc(NC(=O)Nc2cccc(OC(F)(F)F)c2)cc1. The normalized spacial score (nSPS) is 17.2. The first kappa shape index (κ1) is 21.7. The highest BCUT2D eigenvalue weighted by Crippen LogP contribution is 2.37. The zero-order valence-electron chi connectivity index (χ0n) is 16.8. The fourth-order valence-electron chi connectivity index (χ4n) is 3.49. The van der Waals surface area contributed by atoms with Gasteiger partial charge < -0.3 is 21.1 Å². The number of benzene rings is 2. The van der Waals surface area contributed by atoms with Gasteiger partial charge in [0.05, 0.1) is 18.5 Å². The minimum absolute atomic E-state index is 0.119. The Morgan fingerprint density at radius 3 is 2.61 bits per heavy atom. The molecule has 2 aliphatic heterocycles. The number of amidine groups is 1. The second-order valence-electron chi connectivity index (χ2n) is 7.00. The summed E-state index contributed by atoms with van der Waals surface area (Å²) in [6, 6.07) is 13.2. The van der Waals surface area contributed by atoms with Gasteiger partial charge in [0.1, 0.15) is 17.8 Å². The molecule has 4 rings (SSSR count). The molecule has 0 radical (unpaired) electrons. The zero-order chi connectivity index (χ0) is 23.6. The van der Waals surface area contributed by atoms with Crippen LogP contribution in [0, 0.1) is 17.2 Å². The van der Waals surface area contributed by atoms with Crippen molar-refractivity contribution in [1.29, 1.82) is 5.26 Å². The van der Waals surface area contributed by atoms with Gasteiger partial charge in [-0.2, -0.15) is 10.4 Å². The van der Waals surface area contributed by atoms with Crippen LogP contribution in [-0.2, 0) is 0 Å². The van der Waals surface area contributed by atoms with E-state index in [0.717, 1.165) is 17.7 Å². The van der Waals surface area contributed by atoms with Gasteiger partial charge in [-0.1, -0.05) is 18.2 Å². The van der Waals surface area contributed by atoms with Crippen LogP contribution in [0.3, 0.4) is 0 Å². The fourth-order valence-corrected chi connectivity index (χ4v) is 3.49. The van der Waals surface area contributed by atoms with E-state index in [2.05, 4.69) is 31.5 Å². The number of carbonyl (C=O) groups is 1. The third-order valence-electron chi connectivity index (χ3n) is 4.78. The number of hydrogen-bond acceptors (Lipinski definition) is 7. The maximum atomic E-state index is 12.4. The maximum Gasteiger partial charge on any atom is 0.573 e. The number of aliphatic imine (C=N–C) groups is 1. The van der Waals surface area contributed by atoms with Crippen molar-refractivity contribution in [3.05, 3.63) is 59.8 Å². The van der Waals surface area contributed by atoms with E-state index in [1.54, 1.807) is 29.3 Å². The number of nitrogens with two attached hydrogens (primary N) is 1. The second kappa shape index (κ2) is 8.54. The lowest BCUT2D eigenvalue weighted by Gasteiger charge is -2.18. The molecular formula is C21H16F3N7O2. The minimum Gasteiger partial charge on any atom is -0.406 e. The maximum absolute atomic E-state index is 12.4. The van der Waals surface area contributed by atoms with Gasteiger partial charge in [0.25, 0.3) is 0 Å². The largest absolute Gasteiger partial charge is 0.573 e. The molecule has 9 nitrogen and oxygen atoms in total. The van der Waals surface area contributed by atoms with Crippen molar-refractivity contribution in [3.8, 4) is 11.8 Å². The summed E-state index contributed by atoms with van der Waals surface area (Å²) in [7, 11) is 0. The fraction of sp³-hybridized carbons (Fsp3) is 0.143. The number of hydrazone groups is 1. The van der Waals surface area contributed by atoms with Crippen molar-refractivity contribution in [2.45, 2.75) is 6.36 Å². The molecule has 0 aromatic heterocycles. The molecule has 0 saturated carbocycles. The van der Waals surface area contributed by atoms with E-state index < -0.39 is 24.1 Å². The molecule has 12 heteroatoms. The third kappa shape index (κ3) is 4.87. The van der Waals surface area contributed by atoms with Crippen molar-refractivity contribution < 1.29 is 22.7 Å². The number of hydrogen-bond donors (Lipinski definition) is 3. The van der Waals surface area contributed by atoms with E-state index in [1.165, 1.54) is 18.5 Å². The van der Waals surface area contributed by atoms with Gasteiger partial charge >= 0.3 is 12.4 Å². The summed E-state index contributed by atoms with van der Waals surface area (Å²) >= 11 is 0. The number of alkyl halides is 3. The highest BCUT2D eigenvalue weighted by molar-refractivity contribution is 6.08. The molecular weight excluding hydrogens is 439 g/mol. The van der Waals surface area contributed by atoms with Crippen molar-refractivity contribution >= 4 is 35.2 Å². The molecule has 1 atom stereocenters. The van der Waals surface area contributed by atoms with Crippen molar-refractivity contribution in [2.24, 2.45) is 21.7 Å². The van der Waals surface area contributed by atoms with E-state index in [1.807, 2.05) is 0 Å². The topological polar surface area (TPSA) is 128 Å². The number of nitrogens with one attached hydrogen (secondary N) is 2.